The Labute approximate surface area is 203 Å². The average Bonchev–Trinajstić information content (AvgIpc) is 3.20. The number of rotatable bonds is 8. The van der Waals surface area contributed by atoms with Crippen molar-refractivity contribution in [3.05, 3.63) is 64.0 Å². The molecule has 31 heavy (non-hydrogen) atoms. The van der Waals surface area contributed by atoms with Gasteiger partial charge in [-0.1, -0.05) is 12.1 Å². The van der Waals surface area contributed by atoms with Crippen molar-refractivity contribution in [2.75, 3.05) is 21.3 Å². The maximum atomic E-state index is 5.90. The van der Waals surface area contributed by atoms with Crippen LogP contribution in [0.25, 0.3) is 0 Å². The maximum absolute atomic E-state index is 5.90. The van der Waals surface area contributed by atoms with Gasteiger partial charge in [0, 0.05) is 35.6 Å². The van der Waals surface area contributed by atoms with Crippen molar-refractivity contribution < 1.29 is 14.2 Å². The van der Waals surface area contributed by atoms with E-state index in [4.69, 9.17) is 14.2 Å². The van der Waals surface area contributed by atoms with Gasteiger partial charge in [0.1, 0.15) is 0 Å². The molecule has 0 atom stereocenters. The van der Waals surface area contributed by atoms with Gasteiger partial charge in [-0.25, -0.2) is 4.98 Å². The lowest BCUT2D eigenvalue weighted by Gasteiger charge is -2.14. The molecule has 2 N–H and O–H groups in total. The Balaban J connectivity index is 0.00000341. The largest absolute Gasteiger partial charge is 0.493 e. The monoisotopic (exact) mass is 554 g/mol. The van der Waals surface area contributed by atoms with E-state index in [2.05, 4.69) is 39.7 Å². The van der Waals surface area contributed by atoms with Gasteiger partial charge >= 0.3 is 0 Å². The van der Waals surface area contributed by atoms with Gasteiger partial charge in [0.2, 0.25) is 11.6 Å². The van der Waals surface area contributed by atoms with Crippen LogP contribution in [0.1, 0.15) is 15.3 Å². The Kier molecular flexibility index (Phi) is 9.86. The zero-order valence-corrected chi connectivity index (χ0v) is 21.1. The molecule has 0 unspecified atom stereocenters. The summed E-state index contributed by atoms with van der Waals surface area (Å²) in [6.45, 7) is 3.43. The van der Waals surface area contributed by atoms with Crippen molar-refractivity contribution in [2.24, 2.45) is 4.99 Å². The Hall–Kier alpha value is -2.53. The predicted octanol–water partition coefficient (Wildman–Crippen LogP) is 4.74. The van der Waals surface area contributed by atoms with Crippen LogP contribution in [0, 0.1) is 6.92 Å². The lowest BCUT2D eigenvalue weighted by atomic mass is 10.3. The van der Waals surface area contributed by atoms with Gasteiger partial charge in [-0.05, 0) is 36.8 Å². The molecule has 7 nitrogen and oxygen atoms in total. The molecule has 0 saturated carbocycles. The zero-order chi connectivity index (χ0) is 21.3. The van der Waals surface area contributed by atoms with Crippen LogP contribution in [0.5, 0.6) is 23.1 Å². The normalized spacial score (nSPS) is 10.8. The summed E-state index contributed by atoms with van der Waals surface area (Å²) in [6.07, 6.45) is 1.76. The van der Waals surface area contributed by atoms with E-state index in [0.29, 0.717) is 29.7 Å². The van der Waals surface area contributed by atoms with E-state index in [1.54, 1.807) is 38.8 Å². The fraction of sp³-hybridized carbons (Fsp3) is 0.273. The van der Waals surface area contributed by atoms with Gasteiger partial charge in [0.15, 0.2) is 17.5 Å². The molecule has 3 rings (SSSR count). The summed E-state index contributed by atoms with van der Waals surface area (Å²) in [4.78, 5) is 11.2. The molecule has 9 heteroatoms. The van der Waals surface area contributed by atoms with Crippen molar-refractivity contribution >= 4 is 41.3 Å². The molecule has 0 aliphatic heterocycles. The number of ether oxygens (including phenoxy) is 3. The minimum atomic E-state index is 0. The summed E-state index contributed by atoms with van der Waals surface area (Å²) in [6, 6.07) is 13.5. The molecule has 3 aromatic rings. The smallest absolute Gasteiger partial charge is 0.219 e. The zero-order valence-electron chi connectivity index (χ0n) is 18.0. The first-order valence-electron chi connectivity index (χ1n) is 9.46. The first-order valence-corrected chi connectivity index (χ1v) is 10.3. The summed E-state index contributed by atoms with van der Waals surface area (Å²) in [5.41, 5.74) is 1.00. The van der Waals surface area contributed by atoms with E-state index in [1.165, 1.54) is 9.75 Å². The van der Waals surface area contributed by atoms with E-state index in [-0.39, 0.29) is 24.0 Å². The molecule has 1 aromatic carbocycles. The number of thiophene rings is 1. The van der Waals surface area contributed by atoms with Crippen LogP contribution < -0.4 is 24.8 Å². The fourth-order valence-electron chi connectivity index (χ4n) is 2.76. The third kappa shape index (κ3) is 7.00. The van der Waals surface area contributed by atoms with Crippen LogP contribution in [0.4, 0.5) is 0 Å². The molecule has 0 saturated heterocycles. The second kappa shape index (κ2) is 12.4. The van der Waals surface area contributed by atoms with Gasteiger partial charge in [0.05, 0.1) is 20.8 Å². The number of hydrogen-bond acceptors (Lipinski definition) is 6. The number of methoxy groups -OCH3 is 2. The molecule has 0 aliphatic carbocycles. The van der Waals surface area contributed by atoms with Gasteiger partial charge in [-0.3, -0.25) is 4.99 Å². The summed E-state index contributed by atoms with van der Waals surface area (Å²) in [5.74, 6) is 2.85. The number of aryl methyl sites for hydroxylation is 1. The molecule has 0 aliphatic rings. The van der Waals surface area contributed by atoms with Crippen LogP contribution in [-0.4, -0.2) is 32.2 Å². The van der Waals surface area contributed by atoms with Crippen LogP contribution in [0.3, 0.4) is 0 Å². The lowest BCUT2D eigenvalue weighted by molar-refractivity contribution is 0.342. The highest BCUT2D eigenvalue weighted by Crippen LogP contribution is 2.39. The summed E-state index contributed by atoms with van der Waals surface area (Å²) in [7, 11) is 4.93. The Bertz CT molecular complexity index is 970. The second-order valence-corrected chi connectivity index (χ2v) is 7.76. The molecule has 2 heterocycles. The Morgan fingerprint density at radius 2 is 1.71 bits per heavy atom. The molecular weight excluding hydrogens is 527 g/mol. The highest BCUT2D eigenvalue weighted by Gasteiger charge is 2.13. The minimum absolute atomic E-state index is 0. The summed E-state index contributed by atoms with van der Waals surface area (Å²) >= 11 is 1.78. The number of aromatic nitrogens is 1. The van der Waals surface area contributed by atoms with E-state index in [9.17, 15) is 0 Å². The number of pyridine rings is 1. The second-order valence-electron chi connectivity index (χ2n) is 6.39. The Morgan fingerprint density at radius 1 is 1.00 bits per heavy atom. The lowest BCUT2D eigenvalue weighted by Crippen LogP contribution is -2.36. The highest BCUT2D eigenvalue weighted by molar-refractivity contribution is 14.0. The number of benzene rings is 1. The highest BCUT2D eigenvalue weighted by atomic mass is 127. The third-order valence-electron chi connectivity index (χ3n) is 4.30. The molecule has 0 fully saturated rings. The van der Waals surface area contributed by atoms with Crippen LogP contribution in [0.15, 0.2) is 53.7 Å². The number of aliphatic imine (C=N–C) groups is 1. The first kappa shape index (κ1) is 24.7. The number of para-hydroxylation sites is 1. The number of halogens is 1. The number of guanidine groups is 1. The predicted molar refractivity (Wildman–Crippen MR) is 135 cm³/mol. The van der Waals surface area contributed by atoms with Crippen molar-refractivity contribution in [2.45, 2.75) is 20.0 Å². The van der Waals surface area contributed by atoms with Gasteiger partial charge in [-0.15, -0.1) is 35.3 Å². The topological polar surface area (TPSA) is 77.0 Å². The van der Waals surface area contributed by atoms with Gasteiger partial charge < -0.3 is 24.8 Å². The molecule has 2 aromatic heterocycles. The van der Waals surface area contributed by atoms with E-state index in [0.717, 1.165) is 18.1 Å². The SMILES string of the molecule is CN=C(NCc1ccc(Oc2c(OC)cccc2OC)nc1)NCc1ccc(C)s1.I. The van der Waals surface area contributed by atoms with Crippen molar-refractivity contribution in [1.29, 1.82) is 0 Å². The van der Waals surface area contributed by atoms with E-state index in [1.807, 2.05) is 30.3 Å². The summed E-state index contributed by atoms with van der Waals surface area (Å²) in [5, 5.41) is 6.61. The van der Waals surface area contributed by atoms with Crippen molar-refractivity contribution in [1.82, 2.24) is 15.6 Å². The van der Waals surface area contributed by atoms with Gasteiger partial charge in [-0.2, -0.15) is 0 Å². The van der Waals surface area contributed by atoms with Gasteiger partial charge in [0.25, 0.3) is 0 Å². The maximum Gasteiger partial charge on any atom is 0.219 e. The Morgan fingerprint density at radius 3 is 2.26 bits per heavy atom. The first-order chi connectivity index (χ1) is 14.6. The minimum Gasteiger partial charge on any atom is -0.493 e. The van der Waals surface area contributed by atoms with Crippen molar-refractivity contribution in [3.8, 4) is 23.1 Å². The number of nitrogens with one attached hydrogen (secondary N) is 2. The summed E-state index contributed by atoms with van der Waals surface area (Å²) < 4.78 is 16.6. The third-order valence-corrected chi connectivity index (χ3v) is 5.30. The number of nitrogens with zero attached hydrogens (tertiary/aromatic N) is 2. The van der Waals surface area contributed by atoms with Crippen molar-refractivity contribution in [3.63, 3.8) is 0 Å². The molecule has 166 valence electrons. The van der Waals surface area contributed by atoms with Crippen LogP contribution >= 0.6 is 35.3 Å². The van der Waals surface area contributed by atoms with Crippen LogP contribution in [-0.2, 0) is 13.1 Å². The molecule has 0 radical (unpaired) electrons. The quantitative estimate of drug-likeness (QED) is 0.238. The fourth-order valence-corrected chi connectivity index (χ4v) is 3.59. The molecular formula is C22H27IN4O3S. The van der Waals surface area contributed by atoms with E-state index >= 15 is 0 Å². The average molecular weight is 554 g/mol. The standard InChI is InChI=1S/C22H26N4O3S.HI/c1-15-8-10-17(30-15)14-26-22(23-2)25-13-16-9-11-20(24-12-16)29-21-18(27-3)6-5-7-19(21)28-4;/h5-12H,13-14H2,1-4H3,(H2,23,25,26);1H. The molecule has 0 bridgehead atoms. The molecule has 0 spiro atoms. The van der Waals surface area contributed by atoms with E-state index < -0.39 is 0 Å². The van der Waals surface area contributed by atoms with Crippen LogP contribution in [0.2, 0.25) is 0 Å². The number of hydrogen-bond donors (Lipinski definition) is 2. The molecule has 0 amide bonds.